The lowest BCUT2D eigenvalue weighted by molar-refractivity contribution is 0.0600. The van der Waals surface area contributed by atoms with Gasteiger partial charge in [-0.25, -0.2) is 4.79 Å². The third kappa shape index (κ3) is 2.60. The van der Waals surface area contributed by atoms with Gasteiger partial charge in [-0.3, -0.25) is 0 Å². The van der Waals surface area contributed by atoms with E-state index in [1.165, 1.54) is 12.7 Å². The number of methoxy groups -OCH3 is 1. The molecule has 2 aromatic heterocycles. The lowest BCUT2D eigenvalue weighted by Gasteiger charge is -2.08. The molecule has 0 bridgehead atoms. The van der Waals surface area contributed by atoms with Crippen LogP contribution in [-0.4, -0.2) is 17.5 Å². The van der Waals surface area contributed by atoms with Gasteiger partial charge in [0.25, 0.3) is 0 Å². The molecule has 0 saturated heterocycles. The Labute approximate surface area is 134 Å². The lowest BCUT2D eigenvalue weighted by atomic mass is 10.1. The van der Waals surface area contributed by atoms with E-state index in [1.807, 2.05) is 40.9 Å². The van der Waals surface area contributed by atoms with Crippen molar-refractivity contribution in [1.29, 1.82) is 0 Å². The predicted molar refractivity (Wildman–Crippen MR) is 87.7 cm³/mol. The van der Waals surface area contributed by atoms with Crippen LogP contribution in [0, 0.1) is 6.92 Å². The molecule has 1 aromatic carbocycles. The Morgan fingerprint density at radius 2 is 2.00 bits per heavy atom. The van der Waals surface area contributed by atoms with Gasteiger partial charge in [-0.05, 0) is 42.3 Å². The molecule has 3 aromatic rings. The number of carbonyl (C=O) groups is 1. The van der Waals surface area contributed by atoms with Gasteiger partial charge < -0.3 is 9.14 Å². The molecule has 0 saturated carbocycles. The number of aryl methyl sites for hydroxylation is 1. The second-order valence-electron chi connectivity index (χ2n) is 5.25. The summed E-state index contributed by atoms with van der Waals surface area (Å²) < 4.78 is 6.83. The summed E-state index contributed by atoms with van der Waals surface area (Å²) in [6, 6.07) is 13.6. The fraction of sp³-hybridized carbons (Fsp3) is 0.167. The van der Waals surface area contributed by atoms with Crippen LogP contribution < -0.4 is 0 Å². The number of nitrogens with zero attached hydrogens (tertiary/aromatic N) is 1. The molecule has 0 amide bonds. The number of hydrogen-bond acceptors (Lipinski definition) is 2. The smallest absolute Gasteiger partial charge is 0.339 e. The average Bonchev–Trinajstić information content (AvgIpc) is 2.84. The first-order valence-electron chi connectivity index (χ1n) is 7.02. The molecule has 0 spiro atoms. The second-order valence-corrected chi connectivity index (χ2v) is 5.65. The molecule has 22 heavy (non-hydrogen) atoms. The summed E-state index contributed by atoms with van der Waals surface area (Å²) in [6.45, 7) is 2.07. The molecule has 112 valence electrons. The highest BCUT2D eigenvalue weighted by atomic mass is 35.5. The first-order valence-corrected chi connectivity index (χ1v) is 7.40. The minimum absolute atomic E-state index is 0.336. The van der Waals surface area contributed by atoms with Crippen LogP contribution in [0.1, 0.15) is 27.2 Å². The number of halogens is 1. The van der Waals surface area contributed by atoms with Crippen LogP contribution in [0.5, 0.6) is 0 Å². The van der Waals surface area contributed by atoms with Crippen LogP contribution in [-0.2, 0) is 11.2 Å². The summed E-state index contributed by atoms with van der Waals surface area (Å²) in [4.78, 5) is 11.7. The van der Waals surface area contributed by atoms with Crippen LogP contribution in [0.4, 0.5) is 0 Å². The Morgan fingerprint density at radius 3 is 2.73 bits per heavy atom. The topological polar surface area (TPSA) is 30.7 Å². The standard InChI is InChI=1S/C18H16ClNO2/c1-12-9-15-8-7-14(18(21)22-2)11-20(15)17(12)10-13-5-3-4-6-16(13)19/h3-9,11H,10H2,1-2H3. The van der Waals surface area contributed by atoms with Crippen molar-refractivity contribution in [3.8, 4) is 0 Å². The molecular weight excluding hydrogens is 298 g/mol. The number of carbonyl (C=O) groups excluding carboxylic acids is 1. The number of rotatable bonds is 3. The molecule has 0 aliphatic carbocycles. The van der Waals surface area contributed by atoms with Crippen molar-refractivity contribution in [3.05, 3.63) is 76.1 Å². The minimum Gasteiger partial charge on any atom is -0.465 e. The first-order chi connectivity index (χ1) is 10.6. The first kappa shape index (κ1) is 14.7. The van der Waals surface area contributed by atoms with E-state index in [0.29, 0.717) is 12.0 Å². The maximum Gasteiger partial charge on any atom is 0.339 e. The SMILES string of the molecule is COC(=O)c1ccc2cc(C)c(Cc3ccccc3Cl)n2c1. The van der Waals surface area contributed by atoms with E-state index in [2.05, 4.69) is 13.0 Å². The molecule has 0 aliphatic rings. The van der Waals surface area contributed by atoms with Gasteiger partial charge in [0, 0.05) is 28.9 Å². The van der Waals surface area contributed by atoms with Crippen molar-refractivity contribution in [3.63, 3.8) is 0 Å². The van der Waals surface area contributed by atoms with Crippen LogP contribution in [0.25, 0.3) is 5.52 Å². The van der Waals surface area contributed by atoms with Gasteiger partial charge in [0.1, 0.15) is 0 Å². The molecule has 0 aliphatic heterocycles. The number of ether oxygens (including phenoxy) is 1. The molecule has 3 nitrogen and oxygen atoms in total. The van der Waals surface area contributed by atoms with Crippen LogP contribution in [0.15, 0.2) is 48.7 Å². The van der Waals surface area contributed by atoms with E-state index >= 15 is 0 Å². The van der Waals surface area contributed by atoms with E-state index in [1.54, 1.807) is 6.07 Å². The summed E-state index contributed by atoms with van der Waals surface area (Å²) in [5, 5.41) is 0.751. The van der Waals surface area contributed by atoms with Gasteiger partial charge in [-0.1, -0.05) is 29.8 Å². The van der Waals surface area contributed by atoms with Gasteiger partial charge >= 0.3 is 5.97 Å². The molecule has 2 heterocycles. The summed E-state index contributed by atoms with van der Waals surface area (Å²) in [5.41, 5.74) is 4.93. The number of fused-ring (bicyclic) bond motifs is 1. The van der Waals surface area contributed by atoms with Gasteiger partial charge in [0.2, 0.25) is 0 Å². The summed E-state index contributed by atoms with van der Waals surface area (Å²) >= 11 is 6.27. The van der Waals surface area contributed by atoms with Crippen molar-refractivity contribution >= 4 is 23.1 Å². The Bertz CT molecular complexity index is 851. The summed E-state index contributed by atoms with van der Waals surface area (Å²) in [5.74, 6) is -0.336. The monoisotopic (exact) mass is 313 g/mol. The van der Waals surface area contributed by atoms with Gasteiger partial charge in [0.05, 0.1) is 12.7 Å². The minimum atomic E-state index is -0.336. The maximum atomic E-state index is 11.7. The van der Waals surface area contributed by atoms with Crippen LogP contribution >= 0.6 is 11.6 Å². The lowest BCUT2D eigenvalue weighted by Crippen LogP contribution is -2.04. The molecule has 0 atom stereocenters. The fourth-order valence-corrected chi connectivity index (χ4v) is 2.85. The third-order valence-corrected chi connectivity index (χ3v) is 4.20. The molecular formula is C18H16ClNO2. The second kappa shape index (κ2) is 5.85. The molecule has 0 N–H and O–H groups in total. The zero-order valence-electron chi connectivity index (χ0n) is 12.5. The summed E-state index contributed by atoms with van der Waals surface area (Å²) in [7, 11) is 1.39. The summed E-state index contributed by atoms with van der Waals surface area (Å²) in [6.07, 6.45) is 2.53. The van der Waals surface area contributed by atoms with Gasteiger partial charge in [-0.15, -0.1) is 0 Å². The molecule has 4 heteroatoms. The third-order valence-electron chi connectivity index (χ3n) is 3.83. The molecule has 0 unspecified atom stereocenters. The van der Waals surface area contributed by atoms with E-state index < -0.39 is 0 Å². The number of esters is 1. The Balaban J connectivity index is 2.10. The highest BCUT2D eigenvalue weighted by molar-refractivity contribution is 6.31. The average molecular weight is 314 g/mol. The van der Waals surface area contributed by atoms with E-state index in [4.69, 9.17) is 16.3 Å². The van der Waals surface area contributed by atoms with Crippen molar-refractivity contribution < 1.29 is 9.53 Å². The van der Waals surface area contributed by atoms with E-state index in [0.717, 1.165) is 21.8 Å². The highest BCUT2D eigenvalue weighted by Crippen LogP contribution is 2.24. The van der Waals surface area contributed by atoms with Gasteiger partial charge in [-0.2, -0.15) is 0 Å². The van der Waals surface area contributed by atoms with Crippen molar-refractivity contribution in [1.82, 2.24) is 4.40 Å². The van der Waals surface area contributed by atoms with Crippen molar-refractivity contribution in [2.24, 2.45) is 0 Å². The van der Waals surface area contributed by atoms with Gasteiger partial charge in [0.15, 0.2) is 0 Å². The zero-order chi connectivity index (χ0) is 15.7. The number of aromatic nitrogens is 1. The quantitative estimate of drug-likeness (QED) is 0.676. The fourth-order valence-electron chi connectivity index (χ4n) is 2.64. The Hall–Kier alpha value is -2.26. The Morgan fingerprint density at radius 1 is 1.23 bits per heavy atom. The predicted octanol–water partition coefficient (Wildman–Crippen LogP) is 4.28. The largest absolute Gasteiger partial charge is 0.465 e. The number of pyridine rings is 1. The van der Waals surface area contributed by atoms with Crippen LogP contribution in [0.2, 0.25) is 5.02 Å². The number of benzene rings is 1. The maximum absolute atomic E-state index is 11.7. The molecule has 3 rings (SSSR count). The molecule has 0 fully saturated rings. The normalized spacial score (nSPS) is 10.9. The van der Waals surface area contributed by atoms with Crippen LogP contribution in [0.3, 0.4) is 0 Å². The van der Waals surface area contributed by atoms with E-state index in [-0.39, 0.29) is 5.97 Å². The van der Waals surface area contributed by atoms with E-state index in [9.17, 15) is 4.79 Å². The van der Waals surface area contributed by atoms with Crippen molar-refractivity contribution in [2.45, 2.75) is 13.3 Å². The number of hydrogen-bond donors (Lipinski definition) is 0. The Kier molecular flexibility index (Phi) is 3.90. The highest BCUT2D eigenvalue weighted by Gasteiger charge is 2.12. The zero-order valence-corrected chi connectivity index (χ0v) is 13.2. The molecule has 0 radical (unpaired) electrons. The van der Waals surface area contributed by atoms with Crippen molar-refractivity contribution in [2.75, 3.05) is 7.11 Å².